The molecular weight excluding hydrogens is 326 g/mol. The Morgan fingerprint density at radius 1 is 1.07 bits per heavy atom. The predicted octanol–water partition coefficient (Wildman–Crippen LogP) is 6.93. The second kappa shape index (κ2) is 6.98. The highest BCUT2D eigenvalue weighted by molar-refractivity contribution is 5.50. The Kier molecular flexibility index (Phi) is 4.93. The van der Waals surface area contributed by atoms with Crippen LogP contribution in [0.5, 0.6) is 0 Å². The Balaban J connectivity index is 1.52. The van der Waals surface area contributed by atoms with E-state index in [1.54, 1.807) is 5.57 Å². The highest BCUT2D eigenvalue weighted by Crippen LogP contribution is 2.64. The number of hydrogen-bond donors (Lipinski definition) is 1. The summed E-state index contributed by atoms with van der Waals surface area (Å²) in [7, 11) is 0. The molecule has 0 aromatic rings. The van der Waals surface area contributed by atoms with Crippen molar-refractivity contribution in [2.75, 3.05) is 0 Å². The molecule has 148 valence electrons. The molecule has 5 atom stereocenters. The molecule has 1 heteroatoms. The van der Waals surface area contributed by atoms with Crippen molar-refractivity contribution >= 4 is 0 Å². The summed E-state index contributed by atoms with van der Waals surface area (Å²) in [4.78, 5) is 0. The number of rotatable bonds is 5. The maximum atomic E-state index is 6.08. The monoisotopic (exact) mass is 365 g/mol. The zero-order valence-electron chi connectivity index (χ0n) is 17.9. The third-order valence-corrected chi connectivity index (χ3v) is 8.64. The lowest BCUT2D eigenvalue weighted by molar-refractivity contribution is 0.0863. The lowest BCUT2D eigenvalue weighted by atomic mass is 9.52. The third-order valence-electron chi connectivity index (χ3n) is 8.64. The van der Waals surface area contributed by atoms with Gasteiger partial charge in [-0.1, -0.05) is 70.8 Å². The van der Waals surface area contributed by atoms with Crippen molar-refractivity contribution in [3.05, 3.63) is 47.2 Å². The van der Waals surface area contributed by atoms with Gasteiger partial charge in [-0.05, 0) is 78.9 Å². The van der Waals surface area contributed by atoms with Crippen molar-refractivity contribution in [3.63, 3.8) is 0 Å². The summed E-state index contributed by atoms with van der Waals surface area (Å²) in [5.74, 6) is 3.27. The summed E-state index contributed by atoms with van der Waals surface area (Å²) in [6, 6.07) is 0. The first-order valence-corrected chi connectivity index (χ1v) is 11.4. The van der Waals surface area contributed by atoms with E-state index in [9.17, 15) is 0 Å². The molecule has 0 aromatic carbocycles. The molecule has 0 bridgehead atoms. The number of hydrogen-bond acceptors (Lipinski definition) is 1. The first-order chi connectivity index (χ1) is 12.8. The summed E-state index contributed by atoms with van der Waals surface area (Å²) < 4.78 is 0. The van der Waals surface area contributed by atoms with Crippen LogP contribution >= 0.6 is 0 Å². The zero-order valence-corrected chi connectivity index (χ0v) is 17.9. The second-order valence-corrected chi connectivity index (χ2v) is 10.7. The van der Waals surface area contributed by atoms with E-state index in [4.69, 9.17) is 5.73 Å². The van der Waals surface area contributed by atoms with Gasteiger partial charge in [-0.15, -0.1) is 0 Å². The van der Waals surface area contributed by atoms with E-state index in [1.165, 1.54) is 56.9 Å². The Morgan fingerprint density at radius 3 is 2.67 bits per heavy atom. The standard InChI is InChI=1S/C26H39N/c1-18(2)7-5-6-8-19-10-12-23-22-11-9-20-17-21(27)13-15-26(20,4)24(22)14-16-25(19,23)3/h9,11,13,15,17-19,23-24H,5-8,10,12,14,16,27H2,1-4H3/t19-,23?,24?,25?,26?/m0/s1. The summed E-state index contributed by atoms with van der Waals surface area (Å²) in [5.41, 5.74) is 10.9. The van der Waals surface area contributed by atoms with Crippen LogP contribution in [0.1, 0.15) is 79.1 Å². The van der Waals surface area contributed by atoms with Gasteiger partial charge in [0.05, 0.1) is 0 Å². The fourth-order valence-corrected chi connectivity index (χ4v) is 6.88. The van der Waals surface area contributed by atoms with E-state index in [0.29, 0.717) is 11.3 Å². The van der Waals surface area contributed by atoms with E-state index in [1.807, 2.05) is 0 Å². The Labute approximate surface area is 166 Å². The third kappa shape index (κ3) is 3.15. The predicted molar refractivity (Wildman–Crippen MR) is 116 cm³/mol. The van der Waals surface area contributed by atoms with Gasteiger partial charge in [-0.25, -0.2) is 0 Å². The van der Waals surface area contributed by atoms with Gasteiger partial charge in [0, 0.05) is 11.1 Å². The molecule has 27 heavy (non-hydrogen) atoms. The average Bonchev–Trinajstić information content (AvgIpc) is 2.96. The molecule has 0 amide bonds. The van der Waals surface area contributed by atoms with Crippen LogP contribution in [0.2, 0.25) is 0 Å². The SMILES string of the molecule is CC(C)CCCC[C@H]1CCC2C3=CC=C4C=C(N)C=CC4(C)C3CCC21C. The van der Waals surface area contributed by atoms with Crippen LogP contribution in [0.4, 0.5) is 0 Å². The normalized spacial score (nSPS) is 40.0. The minimum absolute atomic E-state index is 0.156. The van der Waals surface area contributed by atoms with Crippen molar-refractivity contribution in [1.29, 1.82) is 0 Å². The quantitative estimate of drug-likeness (QED) is 0.525. The molecule has 1 nitrogen and oxygen atoms in total. The van der Waals surface area contributed by atoms with Crippen molar-refractivity contribution in [1.82, 2.24) is 0 Å². The molecule has 0 heterocycles. The molecule has 2 saturated carbocycles. The zero-order chi connectivity index (χ0) is 19.2. The van der Waals surface area contributed by atoms with E-state index < -0.39 is 0 Å². The van der Waals surface area contributed by atoms with Crippen molar-refractivity contribution in [2.45, 2.75) is 79.1 Å². The number of fused-ring (bicyclic) bond motifs is 5. The lowest BCUT2D eigenvalue weighted by Gasteiger charge is -2.52. The fraction of sp³-hybridized carbons (Fsp3) is 0.692. The van der Waals surface area contributed by atoms with E-state index in [0.717, 1.165) is 23.5 Å². The maximum absolute atomic E-state index is 6.08. The van der Waals surface area contributed by atoms with Crippen LogP contribution in [0.15, 0.2) is 47.2 Å². The molecule has 2 fully saturated rings. The van der Waals surface area contributed by atoms with Gasteiger partial charge in [0.2, 0.25) is 0 Å². The van der Waals surface area contributed by atoms with E-state index in [-0.39, 0.29) is 5.41 Å². The number of unbranched alkanes of at least 4 members (excludes halogenated alkanes) is 1. The molecule has 2 N–H and O–H groups in total. The smallest absolute Gasteiger partial charge is 0.0314 e. The molecular formula is C26H39N. The maximum Gasteiger partial charge on any atom is 0.0314 e. The Bertz CT molecular complexity index is 706. The van der Waals surface area contributed by atoms with Gasteiger partial charge in [0.15, 0.2) is 0 Å². The summed E-state index contributed by atoms with van der Waals surface area (Å²) in [5, 5.41) is 0. The van der Waals surface area contributed by atoms with Crippen LogP contribution in [-0.4, -0.2) is 0 Å². The van der Waals surface area contributed by atoms with Crippen LogP contribution in [0.25, 0.3) is 0 Å². The first-order valence-electron chi connectivity index (χ1n) is 11.4. The molecule has 0 aliphatic heterocycles. The van der Waals surface area contributed by atoms with Gasteiger partial charge >= 0.3 is 0 Å². The van der Waals surface area contributed by atoms with Crippen molar-refractivity contribution < 1.29 is 0 Å². The average molecular weight is 366 g/mol. The van der Waals surface area contributed by atoms with Crippen molar-refractivity contribution in [3.8, 4) is 0 Å². The summed E-state index contributed by atoms with van der Waals surface area (Å²) in [6.45, 7) is 9.78. The van der Waals surface area contributed by atoms with Crippen molar-refractivity contribution in [2.24, 2.45) is 40.2 Å². The molecule has 4 aliphatic carbocycles. The molecule has 4 aliphatic rings. The van der Waals surface area contributed by atoms with Crippen LogP contribution in [-0.2, 0) is 0 Å². The lowest BCUT2D eigenvalue weighted by Crippen LogP contribution is -2.43. The minimum Gasteiger partial charge on any atom is -0.399 e. The molecule has 0 aromatic heterocycles. The van der Waals surface area contributed by atoms with Crippen LogP contribution in [0.3, 0.4) is 0 Å². The number of allylic oxidation sites excluding steroid dienone is 7. The van der Waals surface area contributed by atoms with E-state index in [2.05, 4.69) is 58.1 Å². The van der Waals surface area contributed by atoms with E-state index >= 15 is 0 Å². The first kappa shape index (κ1) is 19.1. The molecule has 4 rings (SSSR count). The largest absolute Gasteiger partial charge is 0.399 e. The molecule has 0 spiro atoms. The van der Waals surface area contributed by atoms with Gasteiger partial charge in [0.1, 0.15) is 0 Å². The number of nitrogens with two attached hydrogens (primary N) is 1. The highest BCUT2D eigenvalue weighted by atomic mass is 14.6. The topological polar surface area (TPSA) is 26.0 Å². The Morgan fingerprint density at radius 2 is 1.89 bits per heavy atom. The van der Waals surface area contributed by atoms with Gasteiger partial charge < -0.3 is 5.73 Å². The molecule has 0 radical (unpaired) electrons. The molecule has 4 unspecified atom stereocenters. The van der Waals surface area contributed by atoms with Crippen LogP contribution < -0.4 is 5.73 Å². The van der Waals surface area contributed by atoms with Gasteiger partial charge in [0.25, 0.3) is 0 Å². The van der Waals surface area contributed by atoms with Gasteiger partial charge in [-0.2, -0.15) is 0 Å². The highest BCUT2D eigenvalue weighted by Gasteiger charge is 2.54. The fourth-order valence-electron chi connectivity index (χ4n) is 6.88. The summed E-state index contributed by atoms with van der Waals surface area (Å²) in [6.07, 6.45) is 22.9. The second-order valence-electron chi connectivity index (χ2n) is 10.7. The summed E-state index contributed by atoms with van der Waals surface area (Å²) >= 11 is 0. The Hall–Kier alpha value is -1.24. The molecule has 0 saturated heterocycles. The van der Waals surface area contributed by atoms with Crippen LogP contribution in [0, 0.1) is 34.5 Å². The minimum atomic E-state index is 0.156. The van der Waals surface area contributed by atoms with Gasteiger partial charge in [-0.3, -0.25) is 0 Å².